The summed E-state index contributed by atoms with van der Waals surface area (Å²) < 4.78 is 2.12. The summed E-state index contributed by atoms with van der Waals surface area (Å²) in [6.07, 6.45) is 5.20. The van der Waals surface area contributed by atoms with Gasteiger partial charge in [-0.1, -0.05) is 17.4 Å². The second-order valence-corrected chi connectivity index (χ2v) is 9.22. The molecule has 0 amide bonds. The number of anilines is 2. The van der Waals surface area contributed by atoms with Gasteiger partial charge in [-0.3, -0.25) is 14.3 Å². The number of aliphatic carboxylic acids is 1. The lowest BCUT2D eigenvalue weighted by Crippen LogP contribution is -2.46. The summed E-state index contributed by atoms with van der Waals surface area (Å²) in [5.41, 5.74) is 1.20. The molecule has 2 fully saturated rings. The normalized spacial score (nSPS) is 18.2. The minimum Gasteiger partial charge on any atom is -0.481 e. The van der Waals surface area contributed by atoms with Crippen molar-refractivity contribution in [2.24, 2.45) is 5.92 Å². The fourth-order valence-corrected chi connectivity index (χ4v) is 5.30. The van der Waals surface area contributed by atoms with E-state index in [4.69, 9.17) is 0 Å². The van der Waals surface area contributed by atoms with E-state index in [-0.39, 0.29) is 5.92 Å². The Morgan fingerprint density at radius 1 is 0.969 bits per heavy atom. The monoisotopic (exact) mass is 453 g/mol. The molecule has 2 aliphatic heterocycles. The van der Waals surface area contributed by atoms with Gasteiger partial charge in [0.15, 0.2) is 0 Å². The van der Waals surface area contributed by atoms with Crippen molar-refractivity contribution in [3.63, 3.8) is 0 Å². The molecule has 0 radical (unpaired) electrons. The van der Waals surface area contributed by atoms with Crippen LogP contribution < -0.4 is 9.80 Å². The van der Waals surface area contributed by atoms with Gasteiger partial charge in [0.25, 0.3) is 0 Å². The van der Waals surface area contributed by atoms with E-state index >= 15 is 0 Å². The molecular weight excluding hydrogens is 426 g/mol. The third kappa shape index (κ3) is 4.46. The third-order valence-electron chi connectivity index (χ3n) is 6.29. The lowest BCUT2D eigenvalue weighted by atomic mass is 9.98. The molecule has 2 aliphatic rings. The number of carboxylic acid groups (broad SMARTS) is 1. The van der Waals surface area contributed by atoms with Crippen molar-refractivity contribution in [3.8, 4) is 5.13 Å². The number of aromatic nitrogens is 4. The third-order valence-corrected chi connectivity index (χ3v) is 7.27. The standard InChI is InChI=1S/C22H27N7O2S/c30-20(31)17-6-10-28(11-7-17)21-24-25-22(32-21)29-9-3-4-18(29)16-26-12-14-27(15-13-26)19-5-1-2-8-23-19/h1-5,8-9,17H,6-7,10-16H2,(H,30,31). The van der Waals surface area contributed by atoms with E-state index in [2.05, 4.69) is 52.6 Å². The van der Waals surface area contributed by atoms with Crippen molar-refractivity contribution >= 4 is 28.3 Å². The first-order valence-corrected chi connectivity index (χ1v) is 11.9. The molecule has 5 heterocycles. The van der Waals surface area contributed by atoms with Crippen molar-refractivity contribution in [2.75, 3.05) is 49.1 Å². The molecule has 10 heteroatoms. The highest BCUT2D eigenvalue weighted by molar-refractivity contribution is 7.17. The zero-order valence-electron chi connectivity index (χ0n) is 17.9. The Morgan fingerprint density at radius 3 is 2.47 bits per heavy atom. The van der Waals surface area contributed by atoms with E-state index in [1.807, 2.05) is 24.5 Å². The number of piperazine rings is 1. The molecule has 3 aromatic rings. The van der Waals surface area contributed by atoms with Gasteiger partial charge < -0.3 is 14.9 Å². The van der Waals surface area contributed by atoms with Gasteiger partial charge in [-0.25, -0.2) is 4.98 Å². The molecule has 0 aromatic carbocycles. The van der Waals surface area contributed by atoms with Crippen LogP contribution in [0.2, 0.25) is 0 Å². The first-order valence-electron chi connectivity index (χ1n) is 11.0. The van der Waals surface area contributed by atoms with Crippen molar-refractivity contribution < 1.29 is 9.90 Å². The van der Waals surface area contributed by atoms with Crippen LogP contribution >= 0.6 is 11.3 Å². The summed E-state index contributed by atoms with van der Waals surface area (Å²) in [5, 5.41) is 19.8. The fourth-order valence-electron chi connectivity index (χ4n) is 4.39. The lowest BCUT2D eigenvalue weighted by Gasteiger charge is -2.35. The van der Waals surface area contributed by atoms with Crippen LogP contribution in [0.3, 0.4) is 0 Å². The Morgan fingerprint density at radius 2 is 1.75 bits per heavy atom. The topological polar surface area (TPSA) is 90.6 Å². The molecule has 0 aliphatic carbocycles. The average Bonchev–Trinajstić information content (AvgIpc) is 3.50. The average molecular weight is 454 g/mol. The molecule has 3 aromatic heterocycles. The molecular formula is C22H27N7O2S. The Kier molecular flexibility index (Phi) is 6.04. The molecule has 0 unspecified atom stereocenters. The van der Waals surface area contributed by atoms with Crippen LogP contribution in [0.1, 0.15) is 18.5 Å². The maximum atomic E-state index is 11.2. The Bertz CT molecular complexity index is 1040. The highest BCUT2D eigenvalue weighted by Crippen LogP contribution is 2.29. The van der Waals surface area contributed by atoms with Crippen LogP contribution in [0.4, 0.5) is 10.9 Å². The van der Waals surface area contributed by atoms with Crippen LogP contribution in [0.15, 0.2) is 42.7 Å². The number of hydrogen-bond acceptors (Lipinski definition) is 8. The van der Waals surface area contributed by atoms with Gasteiger partial charge in [0, 0.05) is 63.9 Å². The SMILES string of the molecule is O=C(O)C1CCN(c2nnc(-n3cccc3CN3CCN(c4ccccn4)CC3)s2)CC1. The summed E-state index contributed by atoms with van der Waals surface area (Å²) in [4.78, 5) is 22.6. The summed E-state index contributed by atoms with van der Waals surface area (Å²) in [6, 6.07) is 10.2. The molecule has 9 nitrogen and oxygen atoms in total. The molecule has 2 saturated heterocycles. The number of pyridine rings is 1. The molecule has 1 N–H and O–H groups in total. The summed E-state index contributed by atoms with van der Waals surface area (Å²) >= 11 is 1.56. The second-order valence-electron chi connectivity index (χ2n) is 8.29. The van der Waals surface area contributed by atoms with E-state index in [9.17, 15) is 9.90 Å². The van der Waals surface area contributed by atoms with Gasteiger partial charge in [-0.05, 0) is 37.1 Å². The first kappa shape index (κ1) is 20.9. The van der Waals surface area contributed by atoms with Gasteiger partial charge in [0.1, 0.15) is 5.82 Å². The number of carboxylic acids is 1. The molecule has 0 spiro atoms. The molecule has 0 saturated carbocycles. The van der Waals surface area contributed by atoms with E-state index in [1.54, 1.807) is 11.3 Å². The maximum Gasteiger partial charge on any atom is 0.306 e. The smallest absolute Gasteiger partial charge is 0.306 e. The first-order chi connectivity index (χ1) is 15.7. The highest BCUT2D eigenvalue weighted by atomic mass is 32.1. The zero-order chi connectivity index (χ0) is 21.9. The number of hydrogen-bond donors (Lipinski definition) is 1. The molecule has 0 bridgehead atoms. The Balaban J connectivity index is 1.20. The molecule has 5 rings (SSSR count). The Labute approximate surface area is 190 Å². The zero-order valence-corrected chi connectivity index (χ0v) is 18.7. The van der Waals surface area contributed by atoms with Gasteiger partial charge in [0.2, 0.25) is 10.3 Å². The van der Waals surface area contributed by atoms with E-state index < -0.39 is 5.97 Å². The minimum atomic E-state index is -0.694. The largest absolute Gasteiger partial charge is 0.481 e. The molecule has 168 valence electrons. The van der Waals surface area contributed by atoms with E-state index in [0.717, 1.165) is 48.8 Å². The highest BCUT2D eigenvalue weighted by Gasteiger charge is 2.26. The Hall–Kier alpha value is -2.98. The fraction of sp³-hybridized carbons (Fsp3) is 0.455. The van der Waals surface area contributed by atoms with Crippen molar-refractivity contribution in [2.45, 2.75) is 19.4 Å². The lowest BCUT2D eigenvalue weighted by molar-refractivity contribution is -0.142. The van der Waals surface area contributed by atoms with Crippen LogP contribution in [-0.2, 0) is 11.3 Å². The van der Waals surface area contributed by atoms with Crippen LogP contribution in [-0.4, -0.2) is 75.0 Å². The maximum absolute atomic E-state index is 11.2. The molecule has 32 heavy (non-hydrogen) atoms. The van der Waals surface area contributed by atoms with E-state index in [0.29, 0.717) is 25.9 Å². The second kappa shape index (κ2) is 9.25. The van der Waals surface area contributed by atoms with Gasteiger partial charge in [0.05, 0.1) is 5.92 Å². The summed E-state index contributed by atoms with van der Waals surface area (Å²) in [7, 11) is 0. The number of rotatable bonds is 6. The van der Waals surface area contributed by atoms with Gasteiger partial charge in [-0.2, -0.15) is 0 Å². The molecule has 0 atom stereocenters. The number of piperidine rings is 1. The predicted octanol–water partition coefficient (Wildman–Crippen LogP) is 2.35. The number of nitrogens with zero attached hydrogens (tertiary/aromatic N) is 7. The quantitative estimate of drug-likeness (QED) is 0.608. The van der Waals surface area contributed by atoms with Gasteiger partial charge in [-0.15, -0.1) is 10.2 Å². The minimum absolute atomic E-state index is 0.243. The summed E-state index contributed by atoms with van der Waals surface area (Å²) in [6.45, 7) is 6.20. The van der Waals surface area contributed by atoms with Crippen molar-refractivity contribution in [1.82, 2.24) is 24.6 Å². The van der Waals surface area contributed by atoms with Crippen LogP contribution in [0.25, 0.3) is 5.13 Å². The predicted molar refractivity (Wildman–Crippen MR) is 124 cm³/mol. The van der Waals surface area contributed by atoms with Gasteiger partial charge >= 0.3 is 5.97 Å². The van der Waals surface area contributed by atoms with Crippen molar-refractivity contribution in [1.29, 1.82) is 0 Å². The van der Waals surface area contributed by atoms with Crippen molar-refractivity contribution in [3.05, 3.63) is 48.4 Å². The van der Waals surface area contributed by atoms with Crippen LogP contribution in [0.5, 0.6) is 0 Å². The van der Waals surface area contributed by atoms with E-state index in [1.165, 1.54) is 5.69 Å². The summed E-state index contributed by atoms with van der Waals surface area (Å²) in [5.74, 6) is 0.109. The van der Waals surface area contributed by atoms with Crippen LogP contribution in [0, 0.1) is 5.92 Å². The number of carbonyl (C=O) groups is 1.